The van der Waals surface area contributed by atoms with E-state index < -0.39 is 0 Å². The fourth-order valence-corrected chi connectivity index (χ4v) is 2.88. The molecule has 0 saturated carbocycles. The summed E-state index contributed by atoms with van der Waals surface area (Å²) in [6, 6.07) is 0.290. The highest BCUT2D eigenvalue weighted by Gasteiger charge is 2.33. The summed E-state index contributed by atoms with van der Waals surface area (Å²) >= 11 is 0. The van der Waals surface area contributed by atoms with Gasteiger partial charge in [0.2, 0.25) is 0 Å². The van der Waals surface area contributed by atoms with Crippen LogP contribution in [-0.2, 0) is 0 Å². The Bertz CT molecular complexity index is 477. The van der Waals surface area contributed by atoms with Crippen LogP contribution in [0, 0.1) is 13.8 Å². The number of nitrogens with one attached hydrogen (secondary N) is 1. The van der Waals surface area contributed by atoms with Crippen molar-refractivity contribution in [3.8, 4) is 0 Å². The Morgan fingerprint density at radius 3 is 2.65 bits per heavy atom. The third-order valence-corrected chi connectivity index (χ3v) is 3.71. The van der Waals surface area contributed by atoms with Gasteiger partial charge in [-0.25, -0.2) is 9.97 Å². The fourth-order valence-electron chi connectivity index (χ4n) is 2.88. The molecule has 1 aliphatic heterocycles. The number of aliphatic hydroxyl groups is 1. The lowest BCUT2D eigenvalue weighted by Crippen LogP contribution is -2.38. The van der Waals surface area contributed by atoms with Gasteiger partial charge in [0, 0.05) is 31.7 Å². The van der Waals surface area contributed by atoms with Gasteiger partial charge in [0.15, 0.2) is 0 Å². The Hall–Kier alpha value is -1.40. The van der Waals surface area contributed by atoms with E-state index in [4.69, 9.17) is 0 Å². The molecule has 0 spiro atoms. The molecular formula is C14H25N5O. The van der Waals surface area contributed by atoms with E-state index in [1.54, 1.807) is 0 Å². The number of hydrogen-bond donors (Lipinski definition) is 2. The molecule has 1 aromatic rings. The second-order valence-electron chi connectivity index (χ2n) is 5.78. The number of β-amino-alcohol motifs (C(OH)–C–C–N with tert-alkyl or cyclic N) is 1. The Morgan fingerprint density at radius 2 is 2.05 bits per heavy atom. The molecule has 2 unspecified atom stereocenters. The highest BCUT2D eigenvalue weighted by Crippen LogP contribution is 2.30. The molecular weight excluding hydrogens is 254 g/mol. The molecule has 0 bridgehead atoms. The van der Waals surface area contributed by atoms with E-state index in [1.807, 2.05) is 20.9 Å². The van der Waals surface area contributed by atoms with Gasteiger partial charge in [0.1, 0.15) is 17.5 Å². The molecule has 6 heteroatoms. The predicted molar refractivity (Wildman–Crippen MR) is 81.4 cm³/mol. The number of hydrogen-bond acceptors (Lipinski definition) is 6. The lowest BCUT2D eigenvalue weighted by molar-refractivity contribution is 0.191. The number of rotatable bonds is 4. The number of aliphatic hydroxyl groups excluding tert-OH is 1. The van der Waals surface area contributed by atoms with E-state index in [0.29, 0.717) is 6.54 Å². The Labute approximate surface area is 120 Å². The molecule has 112 valence electrons. The van der Waals surface area contributed by atoms with Crippen LogP contribution in [0.1, 0.15) is 17.8 Å². The van der Waals surface area contributed by atoms with Crippen molar-refractivity contribution < 1.29 is 5.11 Å². The van der Waals surface area contributed by atoms with Crippen molar-refractivity contribution in [1.29, 1.82) is 0 Å². The SMILES string of the molecule is CNc1nc(C)nc(N2CC(O)CC2CN(C)C)c1C. The van der Waals surface area contributed by atoms with Crippen LogP contribution in [-0.4, -0.2) is 66.4 Å². The lowest BCUT2D eigenvalue weighted by atomic mass is 10.2. The maximum absolute atomic E-state index is 10.0. The van der Waals surface area contributed by atoms with Gasteiger partial charge in [0.25, 0.3) is 0 Å². The fraction of sp³-hybridized carbons (Fsp3) is 0.714. The van der Waals surface area contributed by atoms with Crippen molar-refractivity contribution in [2.24, 2.45) is 0 Å². The molecule has 0 radical (unpaired) electrons. The maximum atomic E-state index is 10.0. The van der Waals surface area contributed by atoms with Gasteiger partial charge >= 0.3 is 0 Å². The van der Waals surface area contributed by atoms with Gasteiger partial charge in [0.05, 0.1) is 6.10 Å². The van der Waals surface area contributed by atoms with Gasteiger partial charge in [-0.05, 0) is 34.4 Å². The van der Waals surface area contributed by atoms with Crippen molar-refractivity contribution in [3.05, 3.63) is 11.4 Å². The molecule has 2 rings (SSSR count). The summed E-state index contributed by atoms with van der Waals surface area (Å²) in [7, 11) is 5.98. The van der Waals surface area contributed by atoms with Gasteiger partial charge < -0.3 is 20.2 Å². The highest BCUT2D eigenvalue weighted by molar-refractivity contribution is 5.59. The molecule has 2 N–H and O–H groups in total. The van der Waals surface area contributed by atoms with Crippen LogP contribution in [0.15, 0.2) is 0 Å². The normalized spacial score (nSPS) is 22.6. The van der Waals surface area contributed by atoms with Crippen molar-refractivity contribution in [2.45, 2.75) is 32.4 Å². The summed E-state index contributed by atoms with van der Waals surface area (Å²) in [5.41, 5.74) is 1.04. The van der Waals surface area contributed by atoms with E-state index >= 15 is 0 Å². The third-order valence-electron chi connectivity index (χ3n) is 3.71. The minimum atomic E-state index is -0.285. The monoisotopic (exact) mass is 279 g/mol. The number of aromatic nitrogens is 2. The Kier molecular flexibility index (Phi) is 4.45. The average molecular weight is 279 g/mol. The summed E-state index contributed by atoms with van der Waals surface area (Å²) < 4.78 is 0. The molecule has 2 heterocycles. The zero-order chi connectivity index (χ0) is 14.9. The Balaban J connectivity index is 2.36. The third kappa shape index (κ3) is 3.02. The van der Waals surface area contributed by atoms with Gasteiger partial charge in [-0.2, -0.15) is 0 Å². The van der Waals surface area contributed by atoms with E-state index in [2.05, 4.69) is 39.2 Å². The number of aryl methyl sites for hydroxylation is 1. The Morgan fingerprint density at radius 1 is 1.35 bits per heavy atom. The van der Waals surface area contributed by atoms with Crippen LogP contribution in [0.5, 0.6) is 0 Å². The van der Waals surface area contributed by atoms with E-state index in [9.17, 15) is 5.11 Å². The second kappa shape index (κ2) is 5.93. The molecule has 0 amide bonds. The van der Waals surface area contributed by atoms with Gasteiger partial charge in [-0.3, -0.25) is 0 Å². The summed E-state index contributed by atoms with van der Waals surface area (Å²) in [5.74, 6) is 2.54. The number of likely N-dealkylation sites (N-methyl/N-ethyl adjacent to an activating group) is 1. The molecule has 1 aliphatic rings. The van der Waals surface area contributed by atoms with Crippen LogP contribution in [0.25, 0.3) is 0 Å². The molecule has 2 atom stereocenters. The first kappa shape index (κ1) is 15.0. The van der Waals surface area contributed by atoms with Crippen molar-refractivity contribution in [2.75, 3.05) is 44.4 Å². The molecule has 1 fully saturated rings. The van der Waals surface area contributed by atoms with Gasteiger partial charge in [-0.1, -0.05) is 0 Å². The van der Waals surface area contributed by atoms with Crippen molar-refractivity contribution >= 4 is 11.6 Å². The summed E-state index contributed by atoms with van der Waals surface area (Å²) in [6.07, 6.45) is 0.503. The number of anilines is 2. The summed E-state index contributed by atoms with van der Waals surface area (Å²) in [5, 5.41) is 13.1. The largest absolute Gasteiger partial charge is 0.391 e. The smallest absolute Gasteiger partial charge is 0.137 e. The van der Waals surface area contributed by atoms with Crippen LogP contribution < -0.4 is 10.2 Å². The second-order valence-corrected chi connectivity index (χ2v) is 5.78. The first-order chi connectivity index (χ1) is 9.42. The molecule has 6 nitrogen and oxygen atoms in total. The first-order valence-corrected chi connectivity index (χ1v) is 7.04. The topological polar surface area (TPSA) is 64.5 Å². The van der Waals surface area contributed by atoms with Crippen LogP contribution in [0.3, 0.4) is 0 Å². The maximum Gasteiger partial charge on any atom is 0.137 e. The van der Waals surface area contributed by atoms with Crippen LogP contribution in [0.4, 0.5) is 11.6 Å². The van der Waals surface area contributed by atoms with Crippen molar-refractivity contribution in [3.63, 3.8) is 0 Å². The van der Waals surface area contributed by atoms with Crippen molar-refractivity contribution in [1.82, 2.24) is 14.9 Å². The van der Waals surface area contributed by atoms with E-state index in [0.717, 1.165) is 36.0 Å². The average Bonchev–Trinajstić information content (AvgIpc) is 2.71. The molecule has 20 heavy (non-hydrogen) atoms. The molecule has 0 aromatic carbocycles. The lowest BCUT2D eigenvalue weighted by Gasteiger charge is -2.29. The molecule has 1 saturated heterocycles. The molecule has 1 aromatic heterocycles. The minimum absolute atomic E-state index is 0.285. The molecule has 0 aliphatic carbocycles. The number of nitrogens with zero attached hydrogens (tertiary/aromatic N) is 4. The zero-order valence-corrected chi connectivity index (χ0v) is 13.0. The minimum Gasteiger partial charge on any atom is -0.391 e. The van der Waals surface area contributed by atoms with E-state index in [-0.39, 0.29) is 12.1 Å². The van der Waals surface area contributed by atoms with E-state index in [1.165, 1.54) is 0 Å². The quantitative estimate of drug-likeness (QED) is 0.843. The zero-order valence-electron chi connectivity index (χ0n) is 13.0. The summed E-state index contributed by atoms with van der Waals surface area (Å²) in [6.45, 7) is 5.47. The standard InChI is InChI=1S/C14H25N5O/c1-9-13(15-3)16-10(2)17-14(9)19-8-12(20)6-11(19)7-18(4)5/h11-12,20H,6-8H2,1-5H3,(H,15,16,17). The summed E-state index contributed by atoms with van der Waals surface area (Å²) in [4.78, 5) is 13.4. The van der Waals surface area contributed by atoms with Crippen LogP contribution in [0.2, 0.25) is 0 Å². The first-order valence-electron chi connectivity index (χ1n) is 7.04. The van der Waals surface area contributed by atoms with Crippen LogP contribution >= 0.6 is 0 Å². The van der Waals surface area contributed by atoms with Gasteiger partial charge in [-0.15, -0.1) is 0 Å². The highest BCUT2D eigenvalue weighted by atomic mass is 16.3. The predicted octanol–water partition coefficient (Wildman–Crippen LogP) is 0.636.